The molecule has 0 spiro atoms. The van der Waals surface area contributed by atoms with Gasteiger partial charge in [-0.1, -0.05) is 65.8 Å². The average molecular weight is 489 g/mol. The standard InChI is InChI=1S/C31H29N5O/c1-36-34-30(33-35-36)27-16-15-26(37-20-25-14-12-22-7-5-6-10-29(22)32-25)18-28(27)31(23-8-3-2-4-9-23)19-21-11-13-24(31)17-21/h2-10,12,14-16,18,21,24H,11,13,17,19-20H2,1H3/p+1. The molecule has 2 saturated carbocycles. The molecular formula is C31H30N5O+. The second kappa shape index (κ2) is 8.80. The smallest absolute Gasteiger partial charge is 0.339 e. The van der Waals surface area contributed by atoms with Gasteiger partial charge in [0.2, 0.25) is 0 Å². The van der Waals surface area contributed by atoms with E-state index < -0.39 is 0 Å². The Morgan fingerprint density at radius 1 is 0.973 bits per heavy atom. The van der Waals surface area contributed by atoms with Crippen LogP contribution in [-0.4, -0.2) is 20.4 Å². The molecule has 3 aromatic carbocycles. The highest BCUT2D eigenvalue weighted by Gasteiger charge is 2.54. The van der Waals surface area contributed by atoms with Gasteiger partial charge in [0.05, 0.1) is 21.9 Å². The summed E-state index contributed by atoms with van der Waals surface area (Å²) in [5.74, 6) is 2.93. The van der Waals surface area contributed by atoms with Crippen LogP contribution in [0.5, 0.6) is 5.75 Å². The lowest BCUT2D eigenvalue weighted by Gasteiger charge is -2.40. The number of para-hydroxylation sites is 1. The molecule has 0 aliphatic heterocycles. The van der Waals surface area contributed by atoms with Crippen molar-refractivity contribution in [3.8, 4) is 17.1 Å². The SMILES string of the molecule is C[n+]1nc(-c2ccc(OCc3ccc4ccccc4n3)cc2C2(c3ccccc3)CC3CCC2C3)n[nH]1. The molecule has 6 nitrogen and oxygen atoms in total. The molecule has 2 aliphatic rings. The van der Waals surface area contributed by atoms with Crippen molar-refractivity contribution in [2.24, 2.45) is 18.9 Å². The minimum absolute atomic E-state index is 0.0702. The summed E-state index contributed by atoms with van der Waals surface area (Å²) in [6.07, 6.45) is 5.02. The normalized spacial score (nSPS) is 22.5. The van der Waals surface area contributed by atoms with Crippen LogP contribution in [-0.2, 0) is 19.1 Å². The first-order valence-electron chi connectivity index (χ1n) is 13.2. The van der Waals surface area contributed by atoms with E-state index in [2.05, 4.69) is 70.0 Å². The van der Waals surface area contributed by atoms with Gasteiger partial charge in [-0.3, -0.25) is 0 Å². The predicted molar refractivity (Wildman–Crippen MR) is 142 cm³/mol. The van der Waals surface area contributed by atoms with E-state index in [1.807, 2.05) is 37.4 Å². The number of H-pyrrole nitrogens is 1. The van der Waals surface area contributed by atoms with Gasteiger partial charge in [0.25, 0.3) is 0 Å². The van der Waals surface area contributed by atoms with E-state index in [1.54, 1.807) is 4.80 Å². The number of fused-ring (bicyclic) bond motifs is 3. The molecule has 184 valence electrons. The second-order valence-electron chi connectivity index (χ2n) is 10.6. The third-order valence-corrected chi connectivity index (χ3v) is 8.44. The summed E-state index contributed by atoms with van der Waals surface area (Å²) >= 11 is 0. The number of pyridine rings is 1. The maximum atomic E-state index is 6.38. The Morgan fingerprint density at radius 3 is 2.62 bits per heavy atom. The highest BCUT2D eigenvalue weighted by atomic mass is 16.5. The van der Waals surface area contributed by atoms with Crippen LogP contribution in [0, 0.1) is 11.8 Å². The number of tetrazole rings is 1. The molecule has 7 rings (SSSR count). The van der Waals surface area contributed by atoms with Gasteiger partial charge >= 0.3 is 5.82 Å². The van der Waals surface area contributed by atoms with E-state index >= 15 is 0 Å². The van der Waals surface area contributed by atoms with E-state index in [0.717, 1.165) is 46.1 Å². The Morgan fingerprint density at radius 2 is 1.84 bits per heavy atom. The molecule has 0 amide bonds. The van der Waals surface area contributed by atoms with Gasteiger partial charge in [0.15, 0.2) is 0 Å². The van der Waals surface area contributed by atoms with Crippen molar-refractivity contribution >= 4 is 10.9 Å². The van der Waals surface area contributed by atoms with Gasteiger partial charge in [-0.15, -0.1) is 0 Å². The van der Waals surface area contributed by atoms with E-state index in [1.165, 1.54) is 30.4 Å². The van der Waals surface area contributed by atoms with Gasteiger partial charge in [0.1, 0.15) is 19.4 Å². The summed E-state index contributed by atoms with van der Waals surface area (Å²) in [6, 6.07) is 29.8. The Balaban J connectivity index is 1.31. The summed E-state index contributed by atoms with van der Waals surface area (Å²) < 4.78 is 6.38. The van der Waals surface area contributed by atoms with Crippen molar-refractivity contribution in [2.45, 2.75) is 37.7 Å². The number of aryl methyl sites for hydroxylation is 1. The summed E-state index contributed by atoms with van der Waals surface area (Å²) in [4.78, 5) is 6.46. The fraction of sp³-hybridized carbons (Fsp3) is 0.290. The fourth-order valence-electron chi connectivity index (χ4n) is 6.85. The third kappa shape index (κ3) is 3.79. The minimum atomic E-state index is -0.0702. The lowest BCUT2D eigenvalue weighted by molar-refractivity contribution is -0.783. The Bertz CT molecular complexity index is 1580. The van der Waals surface area contributed by atoms with Gasteiger partial charge < -0.3 is 4.74 Å². The van der Waals surface area contributed by atoms with Crippen molar-refractivity contribution in [2.75, 3.05) is 0 Å². The van der Waals surface area contributed by atoms with Crippen molar-refractivity contribution < 1.29 is 9.53 Å². The topological polar surface area (TPSA) is 67.6 Å². The van der Waals surface area contributed by atoms with Gasteiger partial charge in [-0.25, -0.2) is 4.98 Å². The van der Waals surface area contributed by atoms with Crippen molar-refractivity contribution in [3.05, 3.63) is 102 Å². The maximum Gasteiger partial charge on any atom is 0.339 e. The van der Waals surface area contributed by atoms with E-state index in [0.29, 0.717) is 12.5 Å². The third-order valence-electron chi connectivity index (χ3n) is 8.44. The first-order chi connectivity index (χ1) is 18.2. The number of aromatic amines is 1. The molecule has 2 heterocycles. The van der Waals surface area contributed by atoms with E-state index in [4.69, 9.17) is 9.72 Å². The van der Waals surface area contributed by atoms with Crippen molar-refractivity contribution in [3.63, 3.8) is 0 Å². The van der Waals surface area contributed by atoms with Crippen LogP contribution in [0.15, 0.2) is 84.9 Å². The highest BCUT2D eigenvalue weighted by molar-refractivity contribution is 5.78. The number of benzene rings is 3. The summed E-state index contributed by atoms with van der Waals surface area (Å²) in [7, 11) is 1.87. The first-order valence-corrected chi connectivity index (χ1v) is 13.2. The molecule has 37 heavy (non-hydrogen) atoms. The van der Waals surface area contributed by atoms with Crippen LogP contribution in [0.4, 0.5) is 0 Å². The number of aromatic nitrogens is 5. The molecule has 2 fully saturated rings. The van der Waals surface area contributed by atoms with Crippen LogP contribution < -0.4 is 9.53 Å². The number of ether oxygens (including phenoxy) is 1. The molecule has 0 radical (unpaired) electrons. The molecule has 6 heteroatoms. The highest BCUT2D eigenvalue weighted by Crippen LogP contribution is 2.61. The van der Waals surface area contributed by atoms with Crippen LogP contribution in [0.25, 0.3) is 22.3 Å². The molecule has 2 bridgehead atoms. The molecule has 3 unspecified atom stereocenters. The molecule has 1 N–H and O–H groups in total. The van der Waals surface area contributed by atoms with E-state index in [-0.39, 0.29) is 5.41 Å². The Labute approximate surface area is 216 Å². The zero-order valence-electron chi connectivity index (χ0n) is 21.0. The number of hydrogen-bond donors (Lipinski definition) is 1. The Kier molecular flexibility index (Phi) is 5.27. The predicted octanol–water partition coefficient (Wildman–Crippen LogP) is 5.53. The largest absolute Gasteiger partial charge is 0.487 e. The summed E-state index contributed by atoms with van der Waals surface area (Å²) in [6.45, 7) is 0.420. The first kappa shape index (κ1) is 22.2. The average Bonchev–Trinajstić information content (AvgIpc) is 3.69. The lowest BCUT2D eigenvalue weighted by Crippen LogP contribution is -2.35. The fourth-order valence-corrected chi connectivity index (χ4v) is 6.85. The molecular weight excluding hydrogens is 458 g/mol. The second-order valence-corrected chi connectivity index (χ2v) is 10.6. The van der Waals surface area contributed by atoms with Crippen LogP contribution >= 0.6 is 0 Å². The maximum absolute atomic E-state index is 6.38. The monoisotopic (exact) mass is 488 g/mol. The summed E-state index contributed by atoms with van der Waals surface area (Å²) in [5, 5.41) is 13.3. The minimum Gasteiger partial charge on any atom is -0.487 e. The van der Waals surface area contributed by atoms with Gasteiger partial charge in [-0.05, 0) is 82.9 Å². The van der Waals surface area contributed by atoms with E-state index in [9.17, 15) is 0 Å². The molecule has 3 atom stereocenters. The van der Waals surface area contributed by atoms with Crippen molar-refractivity contribution in [1.82, 2.24) is 20.4 Å². The molecule has 5 aromatic rings. The zero-order chi connectivity index (χ0) is 24.8. The molecule has 2 aliphatic carbocycles. The quantitative estimate of drug-likeness (QED) is 0.319. The number of nitrogens with one attached hydrogen (secondary N) is 1. The number of hydrogen-bond acceptors (Lipinski definition) is 4. The molecule has 0 saturated heterocycles. The van der Waals surface area contributed by atoms with Crippen LogP contribution in [0.3, 0.4) is 0 Å². The summed E-state index contributed by atoms with van der Waals surface area (Å²) in [5.41, 5.74) is 5.57. The lowest BCUT2D eigenvalue weighted by atomic mass is 9.63. The number of rotatable bonds is 6. The zero-order valence-corrected chi connectivity index (χ0v) is 21.0. The van der Waals surface area contributed by atoms with Gasteiger partial charge in [0, 0.05) is 10.8 Å². The molecule has 2 aromatic heterocycles. The van der Waals surface area contributed by atoms with Gasteiger partial charge in [-0.2, -0.15) is 0 Å². The Hall–Kier alpha value is -4.06. The van der Waals surface area contributed by atoms with Crippen LogP contribution in [0.1, 0.15) is 42.5 Å². The van der Waals surface area contributed by atoms with Crippen molar-refractivity contribution in [1.29, 1.82) is 0 Å². The van der Waals surface area contributed by atoms with Crippen LogP contribution in [0.2, 0.25) is 0 Å². The number of nitrogens with zero attached hydrogens (tertiary/aromatic N) is 4.